The molecule has 3 heteroatoms. The van der Waals surface area contributed by atoms with Crippen LogP contribution in [0, 0.1) is 5.82 Å². The van der Waals surface area contributed by atoms with E-state index >= 15 is 0 Å². The van der Waals surface area contributed by atoms with Gasteiger partial charge in [0.25, 0.3) is 0 Å². The number of halogens is 1. The molecule has 110 valence electrons. The van der Waals surface area contributed by atoms with E-state index in [-0.39, 0.29) is 5.82 Å². The van der Waals surface area contributed by atoms with Crippen LogP contribution in [0.3, 0.4) is 0 Å². The molecule has 2 unspecified atom stereocenters. The molecule has 0 radical (unpaired) electrons. The minimum absolute atomic E-state index is 0.164. The molecule has 1 heterocycles. The Kier molecular flexibility index (Phi) is 4.61. The van der Waals surface area contributed by atoms with Crippen LogP contribution in [-0.2, 0) is 0 Å². The SMILES string of the molecule is CSc1ccc(C2CCNCC2c2ccc(F)cc2)cc1. The van der Waals surface area contributed by atoms with Gasteiger partial charge >= 0.3 is 0 Å². The fourth-order valence-electron chi connectivity index (χ4n) is 3.17. The Labute approximate surface area is 130 Å². The molecule has 2 aromatic rings. The molecule has 3 rings (SSSR count). The Hall–Kier alpha value is -1.32. The number of rotatable bonds is 3. The predicted molar refractivity (Wildman–Crippen MR) is 87.6 cm³/mol. The molecule has 0 bridgehead atoms. The van der Waals surface area contributed by atoms with Gasteiger partial charge in [0.1, 0.15) is 5.82 Å². The lowest BCUT2D eigenvalue weighted by atomic mass is 9.77. The molecule has 21 heavy (non-hydrogen) atoms. The topological polar surface area (TPSA) is 12.0 Å². The van der Waals surface area contributed by atoms with Gasteiger partial charge in [0.2, 0.25) is 0 Å². The van der Waals surface area contributed by atoms with E-state index in [1.807, 2.05) is 12.1 Å². The average molecular weight is 301 g/mol. The molecule has 0 saturated carbocycles. The lowest BCUT2D eigenvalue weighted by Gasteiger charge is -2.33. The van der Waals surface area contributed by atoms with E-state index in [1.54, 1.807) is 23.9 Å². The van der Waals surface area contributed by atoms with E-state index in [1.165, 1.54) is 16.0 Å². The Bertz CT molecular complexity index is 579. The molecule has 0 spiro atoms. The van der Waals surface area contributed by atoms with Crippen LogP contribution < -0.4 is 5.32 Å². The number of benzene rings is 2. The maximum Gasteiger partial charge on any atom is 0.123 e. The first-order valence-electron chi connectivity index (χ1n) is 7.38. The summed E-state index contributed by atoms with van der Waals surface area (Å²) in [4.78, 5) is 1.30. The fourth-order valence-corrected chi connectivity index (χ4v) is 3.58. The van der Waals surface area contributed by atoms with E-state index in [4.69, 9.17) is 0 Å². The first kappa shape index (κ1) is 14.6. The van der Waals surface area contributed by atoms with Crippen LogP contribution >= 0.6 is 11.8 Å². The summed E-state index contributed by atoms with van der Waals surface area (Å²) in [6, 6.07) is 15.9. The molecule has 0 aromatic heterocycles. The number of piperidine rings is 1. The number of nitrogens with one attached hydrogen (secondary N) is 1. The van der Waals surface area contributed by atoms with Crippen LogP contribution in [0.25, 0.3) is 0 Å². The van der Waals surface area contributed by atoms with Crippen molar-refractivity contribution in [2.24, 2.45) is 0 Å². The zero-order valence-electron chi connectivity index (χ0n) is 12.2. The zero-order valence-corrected chi connectivity index (χ0v) is 13.0. The van der Waals surface area contributed by atoms with Gasteiger partial charge in [-0.1, -0.05) is 24.3 Å². The van der Waals surface area contributed by atoms with Gasteiger partial charge in [-0.3, -0.25) is 0 Å². The highest BCUT2D eigenvalue weighted by Gasteiger charge is 2.27. The van der Waals surface area contributed by atoms with Gasteiger partial charge in [-0.25, -0.2) is 4.39 Å². The van der Waals surface area contributed by atoms with Crippen molar-refractivity contribution in [3.8, 4) is 0 Å². The predicted octanol–water partition coefficient (Wildman–Crippen LogP) is 4.41. The van der Waals surface area contributed by atoms with Gasteiger partial charge in [-0.15, -0.1) is 11.8 Å². The van der Waals surface area contributed by atoms with Gasteiger partial charge < -0.3 is 5.32 Å². The third kappa shape index (κ3) is 3.30. The van der Waals surface area contributed by atoms with Crippen LogP contribution in [0.5, 0.6) is 0 Å². The van der Waals surface area contributed by atoms with E-state index < -0.39 is 0 Å². The van der Waals surface area contributed by atoms with Gasteiger partial charge in [-0.05, 0) is 60.5 Å². The Morgan fingerprint density at radius 1 is 0.952 bits per heavy atom. The highest BCUT2D eigenvalue weighted by atomic mass is 32.2. The summed E-state index contributed by atoms with van der Waals surface area (Å²) in [5, 5.41) is 3.47. The number of thioether (sulfide) groups is 1. The summed E-state index contributed by atoms with van der Waals surface area (Å²) < 4.78 is 13.1. The molecule has 1 aliphatic rings. The first-order valence-corrected chi connectivity index (χ1v) is 8.60. The normalized spacial score (nSPS) is 22.2. The third-order valence-corrected chi connectivity index (χ3v) is 5.07. The van der Waals surface area contributed by atoms with Crippen molar-refractivity contribution in [2.45, 2.75) is 23.2 Å². The molecule has 1 fully saturated rings. The molecule has 1 saturated heterocycles. The number of hydrogen-bond acceptors (Lipinski definition) is 2. The Morgan fingerprint density at radius 2 is 1.57 bits per heavy atom. The number of hydrogen-bond donors (Lipinski definition) is 1. The molecule has 1 aliphatic heterocycles. The molecule has 0 amide bonds. The standard InChI is InChI=1S/C18H20FNS/c1-21-16-8-4-13(5-9-16)17-10-11-20-12-18(17)14-2-6-15(19)7-3-14/h2-9,17-18,20H,10-12H2,1H3. The largest absolute Gasteiger partial charge is 0.316 e. The summed E-state index contributed by atoms with van der Waals surface area (Å²) in [7, 11) is 0. The van der Waals surface area contributed by atoms with Crippen LogP contribution in [-0.4, -0.2) is 19.3 Å². The van der Waals surface area contributed by atoms with Crippen molar-refractivity contribution in [1.29, 1.82) is 0 Å². The quantitative estimate of drug-likeness (QED) is 0.843. The lowest BCUT2D eigenvalue weighted by Crippen LogP contribution is -2.34. The van der Waals surface area contributed by atoms with Crippen molar-refractivity contribution >= 4 is 11.8 Å². The highest BCUT2D eigenvalue weighted by molar-refractivity contribution is 7.98. The molecular weight excluding hydrogens is 281 g/mol. The Balaban J connectivity index is 1.88. The van der Waals surface area contributed by atoms with Gasteiger partial charge in [0, 0.05) is 17.4 Å². The van der Waals surface area contributed by atoms with Gasteiger partial charge in [0.05, 0.1) is 0 Å². The van der Waals surface area contributed by atoms with Crippen LogP contribution in [0.4, 0.5) is 4.39 Å². The minimum Gasteiger partial charge on any atom is -0.316 e. The molecule has 0 aliphatic carbocycles. The summed E-state index contributed by atoms with van der Waals surface area (Å²) in [5.74, 6) is 0.760. The van der Waals surface area contributed by atoms with Crippen molar-refractivity contribution in [2.75, 3.05) is 19.3 Å². The minimum atomic E-state index is -0.164. The average Bonchev–Trinajstić information content (AvgIpc) is 2.56. The second-order valence-corrected chi connectivity index (χ2v) is 6.41. The Morgan fingerprint density at radius 3 is 2.24 bits per heavy atom. The monoisotopic (exact) mass is 301 g/mol. The van der Waals surface area contributed by atoms with E-state index in [9.17, 15) is 4.39 Å². The van der Waals surface area contributed by atoms with Crippen LogP contribution in [0.1, 0.15) is 29.4 Å². The first-order chi connectivity index (χ1) is 10.3. The second kappa shape index (κ2) is 6.63. The molecular formula is C18H20FNS. The maximum absolute atomic E-state index is 13.1. The molecule has 1 N–H and O–H groups in total. The van der Waals surface area contributed by atoms with Gasteiger partial charge in [-0.2, -0.15) is 0 Å². The smallest absolute Gasteiger partial charge is 0.123 e. The second-order valence-electron chi connectivity index (χ2n) is 5.53. The summed E-state index contributed by atoms with van der Waals surface area (Å²) in [6.45, 7) is 2.01. The van der Waals surface area contributed by atoms with Crippen LogP contribution in [0.2, 0.25) is 0 Å². The van der Waals surface area contributed by atoms with Crippen molar-refractivity contribution in [3.63, 3.8) is 0 Å². The zero-order chi connectivity index (χ0) is 14.7. The van der Waals surface area contributed by atoms with E-state index in [0.29, 0.717) is 11.8 Å². The molecule has 2 atom stereocenters. The lowest BCUT2D eigenvalue weighted by molar-refractivity contribution is 0.403. The summed E-state index contributed by atoms with van der Waals surface area (Å²) in [5.41, 5.74) is 2.62. The molecule has 1 nitrogen and oxygen atoms in total. The van der Waals surface area contributed by atoms with E-state index in [2.05, 4.69) is 35.8 Å². The highest BCUT2D eigenvalue weighted by Crippen LogP contribution is 2.37. The van der Waals surface area contributed by atoms with E-state index in [0.717, 1.165) is 19.5 Å². The van der Waals surface area contributed by atoms with Crippen LogP contribution in [0.15, 0.2) is 53.4 Å². The third-order valence-electron chi connectivity index (χ3n) is 4.32. The molecule has 2 aromatic carbocycles. The van der Waals surface area contributed by atoms with Crippen molar-refractivity contribution < 1.29 is 4.39 Å². The summed E-state index contributed by atoms with van der Waals surface area (Å²) in [6.07, 6.45) is 3.22. The summed E-state index contributed by atoms with van der Waals surface area (Å²) >= 11 is 1.77. The van der Waals surface area contributed by atoms with Gasteiger partial charge in [0.15, 0.2) is 0 Å². The fraction of sp³-hybridized carbons (Fsp3) is 0.333. The maximum atomic E-state index is 13.1. The van der Waals surface area contributed by atoms with Crippen molar-refractivity contribution in [3.05, 3.63) is 65.5 Å². The van der Waals surface area contributed by atoms with Crippen molar-refractivity contribution in [1.82, 2.24) is 5.32 Å².